The van der Waals surface area contributed by atoms with Gasteiger partial charge in [0.1, 0.15) is 12.4 Å². The lowest BCUT2D eigenvalue weighted by Crippen LogP contribution is -2.36. The zero-order chi connectivity index (χ0) is 18.8. The summed E-state index contributed by atoms with van der Waals surface area (Å²) in [5.74, 6) is 1.39. The second-order valence-electron chi connectivity index (χ2n) is 6.82. The summed E-state index contributed by atoms with van der Waals surface area (Å²) >= 11 is 0. The van der Waals surface area contributed by atoms with Crippen LogP contribution in [0.15, 0.2) is 29.2 Å². The molecule has 1 aromatic carbocycles. The zero-order valence-electron chi connectivity index (χ0n) is 15.9. The molecule has 0 aliphatic carbocycles. The average Bonchev–Trinajstić information content (AvgIpc) is 2.63. The van der Waals surface area contributed by atoms with E-state index >= 15 is 0 Å². The molecule has 0 saturated carbocycles. The van der Waals surface area contributed by atoms with Crippen LogP contribution in [-0.4, -0.2) is 59.3 Å². The maximum atomic E-state index is 12.4. The van der Waals surface area contributed by atoms with Gasteiger partial charge in [-0.1, -0.05) is 6.92 Å². The molecule has 0 radical (unpaired) electrons. The third kappa shape index (κ3) is 7.23. The molecule has 6 nitrogen and oxygen atoms in total. The Morgan fingerprint density at radius 2 is 2.00 bits per heavy atom. The van der Waals surface area contributed by atoms with E-state index in [1.54, 1.807) is 24.3 Å². The first-order chi connectivity index (χ1) is 12.5. The molecule has 0 bridgehead atoms. The first kappa shape index (κ1) is 21.2. The summed E-state index contributed by atoms with van der Waals surface area (Å²) in [6.45, 7) is 9.49. The van der Waals surface area contributed by atoms with Crippen LogP contribution in [0.25, 0.3) is 0 Å². The minimum atomic E-state index is -3.47. The second kappa shape index (κ2) is 10.9. The van der Waals surface area contributed by atoms with Crippen molar-refractivity contribution in [3.8, 4) is 5.75 Å². The number of nitrogens with zero attached hydrogens (tertiary/aromatic N) is 1. The maximum absolute atomic E-state index is 12.4. The molecule has 1 heterocycles. The van der Waals surface area contributed by atoms with Crippen LogP contribution in [0.2, 0.25) is 0 Å². The van der Waals surface area contributed by atoms with Crippen LogP contribution in [0.5, 0.6) is 5.75 Å². The lowest BCUT2D eigenvalue weighted by molar-refractivity contribution is 0.110. The van der Waals surface area contributed by atoms with Gasteiger partial charge in [0.15, 0.2) is 0 Å². The number of ether oxygens (including phenoxy) is 2. The Hall–Kier alpha value is -1.15. The van der Waals surface area contributed by atoms with E-state index < -0.39 is 10.0 Å². The summed E-state index contributed by atoms with van der Waals surface area (Å²) in [5, 5.41) is 0. The first-order valence-corrected chi connectivity index (χ1v) is 11.0. The van der Waals surface area contributed by atoms with Gasteiger partial charge < -0.3 is 14.4 Å². The van der Waals surface area contributed by atoms with Crippen LogP contribution in [-0.2, 0) is 14.8 Å². The monoisotopic (exact) mass is 384 g/mol. The Morgan fingerprint density at radius 3 is 2.69 bits per heavy atom. The van der Waals surface area contributed by atoms with Crippen molar-refractivity contribution >= 4 is 10.0 Å². The van der Waals surface area contributed by atoms with Gasteiger partial charge in [-0.05, 0) is 69.5 Å². The summed E-state index contributed by atoms with van der Waals surface area (Å²) in [4.78, 5) is 2.69. The van der Waals surface area contributed by atoms with Crippen molar-refractivity contribution in [1.29, 1.82) is 0 Å². The number of nitrogens with one attached hydrogen (secondary N) is 1. The molecule has 1 aromatic rings. The number of hydrogen-bond donors (Lipinski definition) is 1. The van der Waals surface area contributed by atoms with E-state index in [-0.39, 0.29) is 4.90 Å². The van der Waals surface area contributed by atoms with Crippen LogP contribution in [0, 0.1) is 5.92 Å². The third-order valence-electron chi connectivity index (χ3n) is 4.52. The van der Waals surface area contributed by atoms with E-state index in [2.05, 4.69) is 16.5 Å². The Kier molecular flexibility index (Phi) is 8.84. The molecule has 148 valence electrons. The summed E-state index contributed by atoms with van der Waals surface area (Å²) < 4.78 is 38.1. The summed E-state index contributed by atoms with van der Waals surface area (Å²) in [6.07, 6.45) is 3.37. The predicted molar refractivity (Wildman–Crippen MR) is 103 cm³/mol. The van der Waals surface area contributed by atoms with Gasteiger partial charge >= 0.3 is 0 Å². The van der Waals surface area contributed by atoms with E-state index in [1.165, 1.54) is 12.8 Å². The lowest BCUT2D eigenvalue weighted by Gasteiger charge is -2.30. The molecule has 0 amide bonds. The van der Waals surface area contributed by atoms with Gasteiger partial charge in [0.2, 0.25) is 10.0 Å². The Balaban J connectivity index is 1.72. The van der Waals surface area contributed by atoms with Gasteiger partial charge in [0, 0.05) is 19.7 Å². The fourth-order valence-corrected chi connectivity index (χ4v) is 4.23. The minimum Gasteiger partial charge on any atom is -0.491 e. The number of hydrogen-bond acceptors (Lipinski definition) is 5. The Labute approximate surface area is 157 Å². The minimum absolute atomic E-state index is 0.265. The highest BCUT2D eigenvalue weighted by molar-refractivity contribution is 7.89. The van der Waals surface area contributed by atoms with Crippen molar-refractivity contribution in [1.82, 2.24) is 9.62 Å². The van der Waals surface area contributed by atoms with Gasteiger partial charge in [-0.15, -0.1) is 0 Å². The molecule has 7 heteroatoms. The van der Waals surface area contributed by atoms with Gasteiger partial charge in [-0.25, -0.2) is 13.1 Å². The largest absolute Gasteiger partial charge is 0.491 e. The summed E-state index contributed by atoms with van der Waals surface area (Å²) in [7, 11) is -3.47. The molecule has 1 aliphatic rings. The van der Waals surface area contributed by atoms with E-state index in [0.717, 1.165) is 32.0 Å². The quantitative estimate of drug-likeness (QED) is 0.594. The molecule has 1 N–H and O–H groups in total. The number of likely N-dealkylation sites (tertiary alicyclic amines) is 1. The van der Waals surface area contributed by atoms with E-state index in [1.807, 2.05) is 6.92 Å². The number of benzene rings is 1. The highest BCUT2D eigenvalue weighted by atomic mass is 32.2. The molecule has 0 aromatic heterocycles. The highest BCUT2D eigenvalue weighted by Crippen LogP contribution is 2.17. The SMILES string of the molecule is CCOCCOc1ccc(S(=O)(=O)NCCCN2CCC[C@H](C)C2)cc1. The normalized spacial score (nSPS) is 18.8. The third-order valence-corrected chi connectivity index (χ3v) is 6.00. The molecule has 2 rings (SSSR count). The van der Waals surface area contributed by atoms with Crippen molar-refractivity contribution in [2.75, 3.05) is 46.0 Å². The van der Waals surface area contributed by atoms with Gasteiger partial charge in [0.05, 0.1) is 11.5 Å². The Morgan fingerprint density at radius 1 is 1.23 bits per heavy atom. The van der Waals surface area contributed by atoms with Crippen molar-refractivity contribution in [2.24, 2.45) is 5.92 Å². The number of rotatable bonds is 11. The highest BCUT2D eigenvalue weighted by Gasteiger charge is 2.17. The molecule has 26 heavy (non-hydrogen) atoms. The number of piperidine rings is 1. The van der Waals surface area contributed by atoms with Crippen molar-refractivity contribution in [3.05, 3.63) is 24.3 Å². The van der Waals surface area contributed by atoms with Gasteiger partial charge in [0.25, 0.3) is 0 Å². The fourth-order valence-electron chi connectivity index (χ4n) is 3.16. The summed E-state index contributed by atoms with van der Waals surface area (Å²) in [6, 6.07) is 6.50. The molecular weight excluding hydrogens is 352 g/mol. The molecular formula is C19H32N2O4S. The van der Waals surface area contributed by atoms with E-state index in [0.29, 0.717) is 32.1 Å². The van der Waals surface area contributed by atoms with Crippen LogP contribution >= 0.6 is 0 Å². The molecule has 1 fully saturated rings. The van der Waals surface area contributed by atoms with E-state index in [4.69, 9.17) is 9.47 Å². The molecule has 1 atom stereocenters. The average molecular weight is 385 g/mol. The zero-order valence-corrected chi connectivity index (χ0v) is 16.8. The molecule has 1 saturated heterocycles. The van der Waals surface area contributed by atoms with Gasteiger partial charge in [-0.3, -0.25) is 0 Å². The number of sulfonamides is 1. The maximum Gasteiger partial charge on any atom is 0.240 e. The predicted octanol–water partition coefficient (Wildman–Crippen LogP) is 2.50. The lowest BCUT2D eigenvalue weighted by atomic mass is 10.0. The van der Waals surface area contributed by atoms with Crippen LogP contribution in [0.4, 0.5) is 0 Å². The Bertz CT molecular complexity index is 619. The molecule has 0 spiro atoms. The van der Waals surface area contributed by atoms with Crippen molar-refractivity contribution in [2.45, 2.75) is 38.0 Å². The topological polar surface area (TPSA) is 67.9 Å². The van der Waals surface area contributed by atoms with Gasteiger partial charge in [-0.2, -0.15) is 0 Å². The van der Waals surface area contributed by atoms with Crippen molar-refractivity contribution in [3.63, 3.8) is 0 Å². The van der Waals surface area contributed by atoms with Crippen molar-refractivity contribution < 1.29 is 17.9 Å². The van der Waals surface area contributed by atoms with E-state index in [9.17, 15) is 8.42 Å². The summed E-state index contributed by atoms with van der Waals surface area (Å²) in [5.41, 5.74) is 0. The molecule has 1 aliphatic heterocycles. The standard InChI is InChI=1S/C19H32N2O4S/c1-3-24-14-15-25-18-7-9-19(10-8-18)26(22,23)20-11-5-13-21-12-4-6-17(2)16-21/h7-10,17,20H,3-6,11-16H2,1-2H3/t17-/m0/s1. The smallest absolute Gasteiger partial charge is 0.240 e. The second-order valence-corrected chi connectivity index (χ2v) is 8.58. The van der Waals surface area contributed by atoms with Crippen LogP contribution in [0.1, 0.15) is 33.1 Å². The van der Waals surface area contributed by atoms with Crippen LogP contribution in [0.3, 0.4) is 0 Å². The fraction of sp³-hybridized carbons (Fsp3) is 0.684. The molecule has 0 unspecified atom stereocenters. The first-order valence-electron chi connectivity index (χ1n) is 9.54. The van der Waals surface area contributed by atoms with Crippen LogP contribution < -0.4 is 9.46 Å².